The fraction of sp³-hybridized carbons (Fsp3) is 0.682. The van der Waals surface area contributed by atoms with Crippen molar-refractivity contribution in [3.63, 3.8) is 0 Å². The maximum absolute atomic E-state index is 12.9. The topological polar surface area (TPSA) is 91.8 Å². The Morgan fingerprint density at radius 2 is 2.06 bits per heavy atom. The Balaban J connectivity index is 1.08. The van der Waals surface area contributed by atoms with Crippen LogP contribution in [0.1, 0.15) is 25.0 Å². The van der Waals surface area contributed by atoms with Crippen LogP contribution in [0.3, 0.4) is 0 Å². The molecule has 3 amide bonds. The van der Waals surface area contributed by atoms with Crippen molar-refractivity contribution in [2.75, 3.05) is 46.1 Å². The minimum atomic E-state index is -2.25. The zero-order valence-electron chi connectivity index (χ0n) is 18.2. The van der Waals surface area contributed by atoms with Gasteiger partial charge in [-0.05, 0) is 57.1 Å². The molecule has 9 heteroatoms. The fourth-order valence-electron chi connectivity index (χ4n) is 5.69. The molecule has 4 heterocycles. The predicted molar refractivity (Wildman–Crippen MR) is 117 cm³/mol. The van der Waals surface area contributed by atoms with Crippen LogP contribution in [0.25, 0.3) is 0 Å². The number of hydrogen-bond donors (Lipinski definition) is 1. The molecule has 1 aromatic rings. The average Bonchev–Trinajstić information content (AvgIpc) is 2.67. The standard InChI is InChI=1S/C22H31N4O4P/c1-31(2,29)17-4-3-16(23-10-17)7-15-8-22(9-15)13-26(14-22)21(28)25-6-5-19-18(11-25)24-20(27)12-30-19/h3-4,10,15,18-19H,5-9,11-14H2,1-2H3,(H,24,27)/t18-,19+/m1/s1. The summed E-state index contributed by atoms with van der Waals surface area (Å²) >= 11 is 0. The van der Waals surface area contributed by atoms with Crippen molar-refractivity contribution in [2.24, 2.45) is 11.3 Å². The first-order valence-electron chi connectivity index (χ1n) is 11.2. The van der Waals surface area contributed by atoms with E-state index in [2.05, 4.69) is 10.3 Å². The van der Waals surface area contributed by atoms with Crippen LogP contribution in [0.2, 0.25) is 0 Å². The van der Waals surface area contributed by atoms with Gasteiger partial charge in [-0.2, -0.15) is 0 Å². The lowest BCUT2D eigenvalue weighted by atomic mass is 9.57. The maximum Gasteiger partial charge on any atom is 0.320 e. The lowest BCUT2D eigenvalue weighted by Crippen LogP contribution is -2.68. The molecule has 1 saturated carbocycles. The first kappa shape index (κ1) is 21.0. The number of aromatic nitrogens is 1. The third-order valence-corrected chi connectivity index (χ3v) is 8.80. The van der Waals surface area contributed by atoms with Crippen molar-refractivity contribution in [3.8, 4) is 0 Å². The number of nitrogens with zero attached hydrogens (tertiary/aromatic N) is 3. The number of hydrogen-bond acceptors (Lipinski definition) is 5. The van der Waals surface area contributed by atoms with E-state index in [9.17, 15) is 14.2 Å². The van der Waals surface area contributed by atoms with Gasteiger partial charge in [-0.1, -0.05) is 0 Å². The van der Waals surface area contributed by atoms with E-state index in [4.69, 9.17) is 4.74 Å². The molecule has 1 aliphatic carbocycles. The van der Waals surface area contributed by atoms with Crippen LogP contribution < -0.4 is 10.6 Å². The van der Waals surface area contributed by atoms with Crippen molar-refractivity contribution >= 4 is 24.4 Å². The number of fused-ring (bicyclic) bond motifs is 1. The highest BCUT2D eigenvalue weighted by Gasteiger charge is 2.54. The minimum Gasteiger partial charge on any atom is -0.366 e. The van der Waals surface area contributed by atoms with Crippen molar-refractivity contribution in [3.05, 3.63) is 24.0 Å². The Morgan fingerprint density at radius 3 is 2.74 bits per heavy atom. The van der Waals surface area contributed by atoms with Gasteiger partial charge in [-0.25, -0.2) is 4.79 Å². The third-order valence-electron chi connectivity index (χ3n) is 7.29. The van der Waals surface area contributed by atoms with Gasteiger partial charge in [0.1, 0.15) is 13.7 Å². The lowest BCUT2D eigenvalue weighted by Gasteiger charge is -2.60. The summed E-state index contributed by atoms with van der Waals surface area (Å²) in [6.45, 7) is 6.54. The van der Waals surface area contributed by atoms with Crippen LogP contribution in [0.15, 0.2) is 18.3 Å². The summed E-state index contributed by atoms with van der Waals surface area (Å²) in [5.41, 5.74) is 1.34. The van der Waals surface area contributed by atoms with Crippen molar-refractivity contribution < 1.29 is 18.9 Å². The van der Waals surface area contributed by atoms with Crippen LogP contribution in [-0.2, 0) is 20.5 Å². The van der Waals surface area contributed by atoms with E-state index in [0.717, 1.165) is 49.8 Å². The number of carbonyl (C=O) groups excluding carboxylic acids is 2. The van der Waals surface area contributed by atoms with E-state index in [-0.39, 0.29) is 36.1 Å². The smallest absolute Gasteiger partial charge is 0.320 e. The highest BCUT2D eigenvalue weighted by molar-refractivity contribution is 7.70. The van der Waals surface area contributed by atoms with E-state index in [1.807, 2.05) is 21.9 Å². The molecule has 4 aliphatic rings. The maximum atomic E-state index is 12.9. The van der Waals surface area contributed by atoms with Crippen LogP contribution in [0.5, 0.6) is 0 Å². The Hall–Kier alpha value is -1.92. The molecule has 0 aromatic carbocycles. The molecule has 1 spiro atoms. The zero-order valence-corrected chi connectivity index (χ0v) is 19.1. The summed E-state index contributed by atoms with van der Waals surface area (Å²) in [6.07, 6.45) is 5.78. The van der Waals surface area contributed by atoms with Crippen LogP contribution in [-0.4, -0.2) is 85.0 Å². The molecule has 8 nitrogen and oxygen atoms in total. The quantitative estimate of drug-likeness (QED) is 0.707. The Morgan fingerprint density at radius 1 is 1.29 bits per heavy atom. The molecule has 0 bridgehead atoms. The van der Waals surface area contributed by atoms with Gasteiger partial charge in [0, 0.05) is 48.8 Å². The first-order valence-corrected chi connectivity index (χ1v) is 13.8. The van der Waals surface area contributed by atoms with Gasteiger partial charge >= 0.3 is 6.03 Å². The summed E-state index contributed by atoms with van der Waals surface area (Å²) in [5.74, 6) is 0.512. The number of morpholine rings is 1. The SMILES string of the molecule is CP(C)(=O)c1ccc(CC2CC3(C2)CN(C(=O)N2CC[C@@H]4OCC(=O)N[C@@H]4C2)C3)nc1. The number of carbonyl (C=O) groups is 2. The van der Waals surface area contributed by atoms with Gasteiger partial charge in [-0.3, -0.25) is 9.78 Å². The van der Waals surface area contributed by atoms with Gasteiger partial charge in [0.25, 0.3) is 0 Å². The Labute approximate surface area is 183 Å². The Kier molecular flexibility index (Phi) is 5.13. The van der Waals surface area contributed by atoms with E-state index in [0.29, 0.717) is 19.0 Å². The minimum absolute atomic E-state index is 0.0288. The predicted octanol–water partition coefficient (Wildman–Crippen LogP) is 1.29. The first-order chi connectivity index (χ1) is 14.7. The number of piperidine rings is 1. The number of amides is 3. The van der Waals surface area contributed by atoms with Crippen molar-refractivity contribution in [1.82, 2.24) is 20.1 Å². The van der Waals surface area contributed by atoms with Gasteiger partial charge in [-0.15, -0.1) is 0 Å². The molecular weight excluding hydrogens is 415 g/mol. The monoisotopic (exact) mass is 446 g/mol. The fourth-order valence-corrected chi connectivity index (χ4v) is 6.46. The second-order valence-corrected chi connectivity index (χ2v) is 13.5. The zero-order chi connectivity index (χ0) is 21.8. The molecule has 0 radical (unpaired) electrons. The highest BCUT2D eigenvalue weighted by Crippen LogP contribution is 2.53. The highest BCUT2D eigenvalue weighted by atomic mass is 31.2. The largest absolute Gasteiger partial charge is 0.366 e. The van der Waals surface area contributed by atoms with Crippen molar-refractivity contribution in [1.29, 1.82) is 0 Å². The molecule has 1 N–H and O–H groups in total. The summed E-state index contributed by atoms with van der Waals surface area (Å²) in [4.78, 5) is 32.8. The van der Waals surface area contributed by atoms with E-state index >= 15 is 0 Å². The average molecular weight is 446 g/mol. The molecule has 0 unspecified atom stereocenters. The summed E-state index contributed by atoms with van der Waals surface area (Å²) in [6, 6.07) is 3.96. The van der Waals surface area contributed by atoms with E-state index in [1.165, 1.54) is 0 Å². The molecule has 168 valence electrons. The second-order valence-electron chi connectivity index (χ2n) is 10.2. The number of ether oxygens (including phenoxy) is 1. The summed E-state index contributed by atoms with van der Waals surface area (Å²) in [5, 5.41) is 3.79. The molecule has 3 saturated heterocycles. The second kappa shape index (κ2) is 7.59. The van der Waals surface area contributed by atoms with Crippen LogP contribution in [0, 0.1) is 11.3 Å². The normalized spacial score (nSPS) is 27.9. The van der Waals surface area contributed by atoms with E-state index in [1.54, 1.807) is 19.5 Å². The van der Waals surface area contributed by atoms with Crippen LogP contribution in [0.4, 0.5) is 4.79 Å². The van der Waals surface area contributed by atoms with Crippen LogP contribution >= 0.6 is 7.14 Å². The molecule has 1 aromatic heterocycles. The van der Waals surface area contributed by atoms with E-state index < -0.39 is 7.14 Å². The van der Waals surface area contributed by atoms with Gasteiger partial charge in [0.05, 0.1) is 12.1 Å². The van der Waals surface area contributed by atoms with Gasteiger partial charge in [0.15, 0.2) is 0 Å². The number of pyridine rings is 1. The third kappa shape index (κ3) is 4.12. The number of likely N-dealkylation sites (tertiary alicyclic amines) is 2. The summed E-state index contributed by atoms with van der Waals surface area (Å²) in [7, 11) is -2.25. The molecule has 4 fully saturated rings. The molecular formula is C22H31N4O4P. The molecule has 5 rings (SSSR count). The summed E-state index contributed by atoms with van der Waals surface area (Å²) < 4.78 is 17.7. The van der Waals surface area contributed by atoms with Crippen molar-refractivity contribution in [2.45, 2.75) is 37.8 Å². The number of urea groups is 1. The number of rotatable bonds is 3. The van der Waals surface area contributed by atoms with Gasteiger partial charge in [0.2, 0.25) is 5.91 Å². The molecule has 31 heavy (non-hydrogen) atoms. The Bertz CT molecular complexity index is 916. The lowest BCUT2D eigenvalue weighted by molar-refractivity contribution is -0.140. The van der Waals surface area contributed by atoms with Gasteiger partial charge < -0.3 is 24.4 Å². The molecule has 2 atom stereocenters. The molecule has 3 aliphatic heterocycles. The number of nitrogens with one attached hydrogen (secondary N) is 1.